The van der Waals surface area contributed by atoms with Gasteiger partial charge in [-0.3, -0.25) is 14.5 Å². The minimum absolute atomic E-state index is 0.0778. The first-order valence-corrected chi connectivity index (χ1v) is 8.17. The van der Waals surface area contributed by atoms with Gasteiger partial charge in [0.15, 0.2) is 5.78 Å². The van der Waals surface area contributed by atoms with E-state index in [9.17, 15) is 9.59 Å². The molecule has 0 radical (unpaired) electrons. The summed E-state index contributed by atoms with van der Waals surface area (Å²) < 4.78 is 5.58. The van der Waals surface area contributed by atoms with Crippen molar-refractivity contribution in [1.82, 2.24) is 4.90 Å². The minimum atomic E-state index is -0.434. The highest BCUT2D eigenvalue weighted by atomic mass is 16.5. The Morgan fingerprint density at radius 1 is 1.14 bits per heavy atom. The molecule has 0 heterocycles. The van der Waals surface area contributed by atoms with Gasteiger partial charge in [0.2, 0.25) is 0 Å². The number of likely N-dealkylation sites (N-methyl/N-ethyl adjacent to an activating group) is 1. The number of allylic oxidation sites excluding steroid dienone is 2. The van der Waals surface area contributed by atoms with Gasteiger partial charge in [-0.15, -0.1) is 0 Å². The minimum Gasteiger partial charge on any atom is -0.460 e. The summed E-state index contributed by atoms with van der Waals surface area (Å²) in [6.07, 6.45) is 4.37. The first-order chi connectivity index (χ1) is 10.1. The predicted octanol–water partition coefficient (Wildman–Crippen LogP) is 3.45. The summed E-state index contributed by atoms with van der Waals surface area (Å²) in [5, 5.41) is 0. The second-order valence-corrected chi connectivity index (χ2v) is 6.62. The number of carbonyl (C=O) groups is 2. The lowest BCUT2D eigenvalue weighted by Gasteiger charge is -2.38. The standard InChI is InChI=1S/C18H33NO3/c1-9-10-11-14(6)18(22-15(7)20)16(17(21)12(2)3)19(8)13(4)5/h9-10,12-14,16,18H,11H2,1-8H3/b10-9+/t14-,16?,18-/m1/s1. The summed E-state index contributed by atoms with van der Waals surface area (Å²) in [5.74, 6) is -0.238. The van der Waals surface area contributed by atoms with Crippen LogP contribution in [0.3, 0.4) is 0 Å². The molecule has 22 heavy (non-hydrogen) atoms. The maximum absolute atomic E-state index is 12.7. The zero-order valence-electron chi connectivity index (χ0n) is 15.4. The van der Waals surface area contributed by atoms with Crippen LogP contribution >= 0.6 is 0 Å². The van der Waals surface area contributed by atoms with Crippen molar-refractivity contribution >= 4 is 11.8 Å². The number of ether oxygens (including phenoxy) is 1. The molecule has 128 valence electrons. The molecular formula is C18H33NO3. The summed E-state index contributed by atoms with van der Waals surface area (Å²) >= 11 is 0. The van der Waals surface area contributed by atoms with Gasteiger partial charge in [-0.1, -0.05) is 32.9 Å². The molecule has 0 rings (SSSR count). The number of Topliss-reactive ketones (excluding diaryl/α,β-unsaturated/α-hetero) is 1. The smallest absolute Gasteiger partial charge is 0.302 e. The number of hydrogen-bond donors (Lipinski definition) is 0. The molecule has 0 aliphatic carbocycles. The Morgan fingerprint density at radius 2 is 1.68 bits per heavy atom. The Morgan fingerprint density at radius 3 is 2.05 bits per heavy atom. The second kappa shape index (κ2) is 9.78. The first kappa shape index (κ1) is 20.8. The number of ketones is 1. The molecule has 0 spiro atoms. The van der Waals surface area contributed by atoms with Crippen LogP contribution in [0.1, 0.15) is 54.9 Å². The van der Waals surface area contributed by atoms with Crippen molar-refractivity contribution in [3.8, 4) is 0 Å². The molecule has 0 aliphatic heterocycles. The van der Waals surface area contributed by atoms with Gasteiger partial charge >= 0.3 is 5.97 Å². The average molecular weight is 311 g/mol. The van der Waals surface area contributed by atoms with Crippen molar-refractivity contribution in [2.45, 2.75) is 73.1 Å². The lowest BCUT2D eigenvalue weighted by Crippen LogP contribution is -2.54. The van der Waals surface area contributed by atoms with Crippen molar-refractivity contribution in [2.75, 3.05) is 7.05 Å². The van der Waals surface area contributed by atoms with Crippen LogP contribution in [0.5, 0.6) is 0 Å². The summed E-state index contributed by atoms with van der Waals surface area (Å²) in [6.45, 7) is 13.3. The van der Waals surface area contributed by atoms with Crippen molar-refractivity contribution in [3.05, 3.63) is 12.2 Å². The fourth-order valence-corrected chi connectivity index (χ4v) is 2.43. The van der Waals surface area contributed by atoms with E-state index in [0.29, 0.717) is 0 Å². The molecule has 4 nitrogen and oxygen atoms in total. The molecule has 0 saturated carbocycles. The molecule has 0 fully saturated rings. The van der Waals surface area contributed by atoms with Crippen molar-refractivity contribution in [1.29, 1.82) is 0 Å². The van der Waals surface area contributed by atoms with E-state index in [-0.39, 0.29) is 29.6 Å². The van der Waals surface area contributed by atoms with Crippen LogP contribution in [0.4, 0.5) is 0 Å². The third kappa shape index (κ3) is 6.30. The van der Waals surface area contributed by atoms with Crippen LogP contribution in [0.25, 0.3) is 0 Å². The van der Waals surface area contributed by atoms with Crippen molar-refractivity contribution < 1.29 is 14.3 Å². The quantitative estimate of drug-likeness (QED) is 0.483. The first-order valence-electron chi connectivity index (χ1n) is 8.17. The van der Waals surface area contributed by atoms with Crippen molar-refractivity contribution in [3.63, 3.8) is 0 Å². The molecule has 0 aromatic rings. The molecule has 0 saturated heterocycles. The van der Waals surface area contributed by atoms with Crippen LogP contribution in [0.2, 0.25) is 0 Å². The van der Waals surface area contributed by atoms with Crippen molar-refractivity contribution in [2.24, 2.45) is 11.8 Å². The van der Waals surface area contributed by atoms with E-state index >= 15 is 0 Å². The molecule has 3 atom stereocenters. The SMILES string of the molecule is C/C=C/C[C@@H](C)[C@@H](OC(C)=O)C(C(=O)C(C)C)N(C)C(C)C. The maximum Gasteiger partial charge on any atom is 0.302 e. The van der Waals surface area contributed by atoms with E-state index in [2.05, 4.69) is 0 Å². The number of nitrogens with zero attached hydrogens (tertiary/aromatic N) is 1. The predicted molar refractivity (Wildman–Crippen MR) is 90.7 cm³/mol. The highest BCUT2D eigenvalue weighted by molar-refractivity contribution is 5.86. The molecule has 0 amide bonds. The van der Waals surface area contributed by atoms with E-state index in [1.165, 1.54) is 6.92 Å². The summed E-state index contributed by atoms with van der Waals surface area (Å²) in [7, 11) is 1.93. The Bertz CT molecular complexity index is 388. The number of carbonyl (C=O) groups excluding carboxylic acids is 2. The Labute approximate surface area is 135 Å². The van der Waals surface area contributed by atoms with Crippen LogP contribution in [-0.2, 0) is 14.3 Å². The number of rotatable bonds is 9. The average Bonchev–Trinajstić information content (AvgIpc) is 2.42. The molecule has 0 bridgehead atoms. The van der Waals surface area contributed by atoms with Crippen LogP contribution in [0, 0.1) is 11.8 Å². The Balaban J connectivity index is 5.60. The highest BCUT2D eigenvalue weighted by Crippen LogP contribution is 2.24. The topological polar surface area (TPSA) is 46.6 Å². The molecule has 0 aliphatic rings. The number of esters is 1. The summed E-state index contributed by atoms with van der Waals surface area (Å²) in [5.41, 5.74) is 0. The van der Waals surface area contributed by atoms with Crippen LogP contribution in [0.15, 0.2) is 12.2 Å². The second-order valence-electron chi connectivity index (χ2n) is 6.62. The van der Waals surface area contributed by atoms with E-state index in [1.807, 2.05) is 65.6 Å². The van der Waals surface area contributed by atoms with E-state index < -0.39 is 12.1 Å². The van der Waals surface area contributed by atoms with Crippen LogP contribution in [-0.4, -0.2) is 41.9 Å². The monoisotopic (exact) mass is 311 g/mol. The lowest BCUT2D eigenvalue weighted by atomic mass is 9.87. The molecule has 4 heteroatoms. The van der Waals surface area contributed by atoms with E-state index in [4.69, 9.17) is 4.74 Å². The van der Waals surface area contributed by atoms with Gasteiger partial charge in [-0.25, -0.2) is 0 Å². The van der Waals surface area contributed by atoms with E-state index in [0.717, 1.165) is 6.42 Å². The Hall–Kier alpha value is -1.16. The van der Waals surface area contributed by atoms with Gasteiger partial charge in [-0.2, -0.15) is 0 Å². The molecule has 0 aromatic heterocycles. The zero-order chi connectivity index (χ0) is 17.4. The molecule has 1 unspecified atom stereocenters. The lowest BCUT2D eigenvalue weighted by molar-refractivity contribution is -0.157. The fraction of sp³-hybridized carbons (Fsp3) is 0.778. The molecule has 0 aromatic carbocycles. The van der Waals surface area contributed by atoms with Gasteiger partial charge in [0.25, 0.3) is 0 Å². The third-order valence-electron chi connectivity index (χ3n) is 4.03. The third-order valence-corrected chi connectivity index (χ3v) is 4.03. The molecule has 0 N–H and O–H groups in total. The van der Waals surface area contributed by atoms with E-state index in [1.54, 1.807) is 0 Å². The van der Waals surface area contributed by atoms with Gasteiger partial charge in [0.05, 0.1) is 0 Å². The number of hydrogen-bond acceptors (Lipinski definition) is 4. The van der Waals surface area contributed by atoms with Gasteiger partial charge in [-0.05, 0) is 40.2 Å². The Kier molecular flexibility index (Phi) is 9.26. The summed E-state index contributed by atoms with van der Waals surface area (Å²) in [4.78, 5) is 26.3. The van der Waals surface area contributed by atoms with Gasteiger partial charge in [0.1, 0.15) is 12.1 Å². The highest BCUT2D eigenvalue weighted by Gasteiger charge is 2.38. The van der Waals surface area contributed by atoms with Gasteiger partial charge in [0, 0.05) is 18.9 Å². The van der Waals surface area contributed by atoms with Gasteiger partial charge < -0.3 is 4.74 Å². The maximum atomic E-state index is 12.7. The fourth-order valence-electron chi connectivity index (χ4n) is 2.43. The normalized spacial score (nSPS) is 16.3. The molecular weight excluding hydrogens is 278 g/mol. The largest absolute Gasteiger partial charge is 0.460 e. The van der Waals surface area contributed by atoms with Crippen LogP contribution < -0.4 is 0 Å². The zero-order valence-corrected chi connectivity index (χ0v) is 15.4. The summed E-state index contributed by atoms with van der Waals surface area (Å²) in [6, 6.07) is -0.219.